The van der Waals surface area contributed by atoms with E-state index in [9.17, 15) is 0 Å². The largest absolute Gasteiger partial charge is 0.379 e. The fraction of sp³-hybridized carbons (Fsp3) is 0.714. The van der Waals surface area contributed by atoms with E-state index in [0.29, 0.717) is 0 Å². The molecule has 0 saturated heterocycles. The molecule has 0 spiro atoms. The van der Waals surface area contributed by atoms with Crippen molar-refractivity contribution in [1.29, 1.82) is 0 Å². The maximum absolute atomic E-state index is 8.94. The van der Waals surface area contributed by atoms with Crippen LogP contribution in [0.5, 0.6) is 0 Å². The van der Waals surface area contributed by atoms with E-state index in [0.717, 1.165) is 0 Å². The van der Waals surface area contributed by atoms with Gasteiger partial charge in [0.2, 0.25) is 0 Å². The number of aliphatic hydroxyl groups excluding tert-OH is 1. The lowest BCUT2D eigenvalue weighted by atomic mass is 10.0. The molecule has 2 atom stereocenters. The fourth-order valence-electron chi connectivity index (χ4n) is 0.476. The third-order valence-corrected chi connectivity index (χ3v) is 1.31. The Hall–Kier alpha value is -0.520. The first-order valence-electron chi connectivity index (χ1n) is 2.99. The minimum atomic E-state index is -0.801. The molecule has 52 valence electrons. The van der Waals surface area contributed by atoms with Crippen LogP contribution in [0.1, 0.15) is 13.8 Å². The second-order valence-electron chi connectivity index (χ2n) is 2.43. The van der Waals surface area contributed by atoms with E-state index >= 15 is 0 Å². The molecule has 0 fully saturated rings. The standard InChI is InChI=1S/C7H13NO/c1-4-6(9)7(8)5(2)3/h1,5-7,9H,8H2,2-3H3/t6-,7-/m0/s1. The van der Waals surface area contributed by atoms with Crippen LogP contribution < -0.4 is 5.73 Å². The third-order valence-electron chi connectivity index (χ3n) is 1.31. The summed E-state index contributed by atoms with van der Waals surface area (Å²) in [6.45, 7) is 3.84. The summed E-state index contributed by atoms with van der Waals surface area (Å²) in [5, 5.41) is 8.94. The molecule has 0 rings (SSSR count). The van der Waals surface area contributed by atoms with Crippen molar-refractivity contribution in [3.63, 3.8) is 0 Å². The molecule has 0 amide bonds. The molecule has 0 aliphatic heterocycles. The molecule has 2 nitrogen and oxygen atoms in total. The molecule has 0 bridgehead atoms. The summed E-state index contributed by atoms with van der Waals surface area (Å²) < 4.78 is 0. The molecule has 0 radical (unpaired) electrons. The molecule has 0 aromatic carbocycles. The normalized spacial score (nSPS) is 16.9. The van der Waals surface area contributed by atoms with Gasteiger partial charge in [0, 0.05) is 6.04 Å². The van der Waals surface area contributed by atoms with Gasteiger partial charge in [0.05, 0.1) is 0 Å². The Morgan fingerprint density at radius 3 is 2.11 bits per heavy atom. The van der Waals surface area contributed by atoms with Gasteiger partial charge in [-0.15, -0.1) is 6.42 Å². The van der Waals surface area contributed by atoms with Gasteiger partial charge in [0.25, 0.3) is 0 Å². The van der Waals surface area contributed by atoms with Crippen LogP contribution in [0, 0.1) is 18.3 Å². The van der Waals surface area contributed by atoms with E-state index in [1.807, 2.05) is 13.8 Å². The minimum Gasteiger partial charge on any atom is -0.379 e. The van der Waals surface area contributed by atoms with Gasteiger partial charge in [0.15, 0.2) is 0 Å². The lowest BCUT2D eigenvalue weighted by Crippen LogP contribution is -2.38. The van der Waals surface area contributed by atoms with Gasteiger partial charge in [-0.3, -0.25) is 0 Å². The maximum Gasteiger partial charge on any atom is 0.129 e. The lowest BCUT2D eigenvalue weighted by molar-refractivity contribution is 0.177. The smallest absolute Gasteiger partial charge is 0.129 e. The molecule has 9 heavy (non-hydrogen) atoms. The van der Waals surface area contributed by atoms with Crippen molar-refractivity contribution >= 4 is 0 Å². The molecular formula is C7H13NO. The predicted molar refractivity (Wildman–Crippen MR) is 37.7 cm³/mol. The Morgan fingerprint density at radius 2 is 2.00 bits per heavy atom. The zero-order chi connectivity index (χ0) is 7.44. The Kier molecular flexibility index (Phi) is 3.29. The Morgan fingerprint density at radius 1 is 1.56 bits per heavy atom. The highest BCUT2D eigenvalue weighted by Gasteiger charge is 2.14. The Balaban J connectivity index is 3.76. The van der Waals surface area contributed by atoms with Crippen LogP contribution >= 0.6 is 0 Å². The van der Waals surface area contributed by atoms with E-state index in [-0.39, 0.29) is 12.0 Å². The van der Waals surface area contributed by atoms with Crippen LogP contribution in [0.4, 0.5) is 0 Å². The summed E-state index contributed by atoms with van der Waals surface area (Å²) in [5.74, 6) is 2.41. The lowest BCUT2D eigenvalue weighted by Gasteiger charge is -2.16. The van der Waals surface area contributed by atoms with Gasteiger partial charge in [-0.1, -0.05) is 19.8 Å². The highest BCUT2D eigenvalue weighted by molar-refractivity contribution is 4.99. The van der Waals surface area contributed by atoms with Crippen LogP contribution in [-0.2, 0) is 0 Å². The van der Waals surface area contributed by atoms with Gasteiger partial charge in [-0.25, -0.2) is 0 Å². The van der Waals surface area contributed by atoms with Crippen molar-refractivity contribution in [2.24, 2.45) is 11.7 Å². The van der Waals surface area contributed by atoms with Gasteiger partial charge in [0.1, 0.15) is 6.10 Å². The van der Waals surface area contributed by atoms with E-state index in [4.69, 9.17) is 17.3 Å². The SMILES string of the molecule is C#C[C@H](O)[C@@H](N)C(C)C. The number of hydrogen-bond donors (Lipinski definition) is 2. The summed E-state index contributed by atoms with van der Waals surface area (Å²) in [6.07, 6.45) is 4.13. The van der Waals surface area contributed by atoms with Crippen LogP contribution in [0.2, 0.25) is 0 Å². The van der Waals surface area contributed by atoms with E-state index < -0.39 is 6.10 Å². The van der Waals surface area contributed by atoms with Crippen LogP contribution in [0.15, 0.2) is 0 Å². The highest BCUT2D eigenvalue weighted by atomic mass is 16.3. The van der Waals surface area contributed by atoms with Gasteiger partial charge in [-0.2, -0.15) is 0 Å². The van der Waals surface area contributed by atoms with Crippen molar-refractivity contribution < 1.29 is 5.11 Å². The van der Waals surface area contributed by atoms with Crippen LogP contribution in [0.3, 0.4) is 0 Å². The molecule has 0 aromatic rings. The van der Waals surface area contributed by atoms with Crippen molar-refractivity contribution in [3.05, 3.63) is 0 Å². The number of rotatable bonds is 2. The number of aliphatic hydroxyl groups is 1. The molecule has 0 unspecified atom stereocenters. The predicted octanol–water partition coefficient (Wildman–Crippen LogP) is -0.0362. The highest BCUT2D eigenvalue weighted by Crippen LogP contribution is 2.01. The zero-order valence-electron chi connectivity index (χ0n) is 5.83. The van der Waals surface area contributed by atoms with E-state index in [1.165, 1.54) is 0 Å². The Bertz CT molecular complexity index is 115. The van der Waals surface area contributed by atoms with Crippen LogP contribution in [-0.4, -0.2) is 17.3 Å². The molecule has 3 N–H and O–H groups in total. The number of hydrogen-bond acceptors (Lipinski definition) is 2. The van der Waals surface area contributed by atoms with Crippen molar-refractivity contribution in [2.75, 3.05) is 0 Å². The van der Waals surface area contributed by atoms with E-state index in [1.54, 1.807) is 0 Å². The summed E-state index contributed by atoms with van der Waals surface area (Å²) in [7, 11) is 0. The Labute approximate surface area is 56.1 Å². The quantitative estimate of drug-likeness (QED) is 0.511. The van der Waals surface area contributed by atoms with E-state index in [2.05, 4.69) is 5.92 Å². The van der Waals surface area contributed by atoms with Gasteiger partial charge in [-0.05, 0) is 5.92 Å². The van der Waals surface area contributed by atoms with Crippen molar-refractivity contribution in [3.8, 4) is 12.3 Å². The third kappa shape index (κ3) is 2.50. The summed E-state index contributed by atoms with van der Waals surface area (Å²) in [5.41, 5.74) is 5.48. The topological polar surface area (TPSA) is 46.2 Å². The second-order valence-corrected chi connectivity index (χ2v) is 2.43. The fourth-order valence-corrected chi connectivity index (χ4v) is 0.476. The van der Waals surface area contributed by atoms with Crippen LogP contribution in [0.25, 0.3) is 0 Å². The minimum absolute atomic E-state index is 0.232. The first-order valence-corrected chi connectivity index (χ1v) is 2.99. The number of nitrogens with two attached hydrogens (primary N) is 1. The molecule has 0 aromatic heterocycles. The molecule has 0 aliphatic rings. The van der Waals surface area contributed by atoms with Crippen molar-refractivity contribution in [1.82, 2.24) is 0 Å². The summed E-state index contributed by atoms with van der Waals surface area (Å²) in [6, 6.07) is -0.296. The molecule has 0 aliphatic carbocycles. The second kappa shape index (κ2) is 3.49. The summed E-state index contributed by atoms with van der Waals surface area (Å²) >= 11 is 0. The molecule has 0 saturated carbocycles. The molecule has 0 heterocycles. The first kappa shape index (κ1) is 8.48. The molecular weight excluding hydrogens is 114 g/mol. The number of terminal acetylenes is 1. The average Bonchev–Trinajstić information content (AvgIpc) is 1.84. The molecule has 2 heteroatoms. The first-order chi connectivity index (χ1) is 4.09. The average molecular weight is 127 g/mol. The maximum atomic E-state index is 8.94. The summed E-state index contributed by atoms with van der Waals surface area (Å²) in [4.78, 5) is 0. The van der Waals surface area contributed by atoms with Gasteiger partial charge < -0.3 is 10.8 Å². The van der Waals surface area contributed by atoms with Crippen molar-refractivity contribution in [2.45, 2.75) is 26.0 Å². The monoisotopic (exact) mass is 127 g/mol. The van der Waals surface area contributed by atoms with Gasteiger partial charge >= 0.3 is 0 Å². The zero-order valence-corrected chi connectivity index (χ0v) is 5.83.